The third-order valence-electron chi connectivity index (χ3n) is 6.90. The van der Waals surface area contributed by atoms with E-state index in [0.29, 0.717) is 16.7 Å². The summed E-state index contributed by atoms with van der Waals surface area (Å²) >= 11 is 7.37. The third kappa shape index (κ3) is 2.45. The molecule has 2 fully saturated rings. The summed E-state index contributed by atoms with van der Waals surface area (Å²) in [6.07, 6.45) is 7.82. The molecular formula is C18H28Br2O. The van der Waals surface area contributed by atoms with E-state index in [1.54, 1.807) is 0 Å². The molecule has 0 aromatic carbocycles. The zero-order chi connectivity index (χ0) is 15.5. The minimum atomic E-state index is 0.0268. The molecule has 0 bridgehead atoms. The van der Waals surface area contributed by atoms with Gasteiger partial charge in [-0.1, -0.05) is 59.1 Å². The Hall–Kier alpha value is 0.500. The molecule has 0 amide bonds. The fourth-order valence-electron chi connectivity index (χ4n) is 5.91. The lowest BCUT2D eigenvalue weighted by molar-refractivity contribution is -0.181. The highest BCUT2D eigenvalue weighted by molar-refractivity contribution is 9.12. The van der Waals surface area contributed by atoms with Gasteiger partial charge in [0, 0.05) is 10.4 Å². The van der Waals surface area contributed by atoms with Crippen molar-refractivity contribution in [2.24, 2.45) is 22.7 Å². The second-order valence-electron chi connectivity index (χ2n) is 8.57. The van der Waals surface area contributed by atoms with Gasteiger partial charge < -0.3 is 4.74 Å². The first-order valence-corrected chi connectivity index (χ1v) is 10.3. The van der Waals surface area contributed by atoms with Gasteiger partial charge in [0.15, 0.2) is 0 Å². The highest BCUT2D eigenvalue weighted by Crippen LogP contribution is 2.65. The molecule has 1 nitrogen and oxygen atoms in total. The fraction of sp³-hybridized carbons (Fsp3) is 0.889. The van der Waals surface area contributed by atoms with Crippen LogP contribution in [0.1, 0.15) is 66.2 Å². The van der Waals surface area contributed by atoms with Crippen molar-refractivity contribution in [1.29, 1.82) is 0 Å². The van der Waals surface area contributed by atoms with Crippen LogP contribution in [-0.4, -0.2) is 10.9 Å². The molecule has 3 rings (SSSR count). The highest BCUT2D eigenvalue weighted by Gasteiger charge is 2.60. The van der Waals surface area contributed by atoms with Gasteiger partial charge in [-0.15, -0.1) is 0 Å². The van der Waals surface area contributed by atoms with Gasteiger partial charge in [0.2, 0.25) is 0 Å². The average molecular weight is 420 g/mol. The Labute approximate surface area is 146 Å². The van der Waals surface area contributed by atoms with E-state index in [2.05, 4.69) is 59.6 Å². The van der Waals surface area contributed by atoms with Crippen LogP contribution in [-0.2, 0) is 4.74 Å². The van der Waals surface area contributed by atoms with Gasteiger partial charge in [-0.05, 0) is 55.8 Å². The molecule has 3 heteroatoms. The molecule has 1 heterocycles. The van der Waals surface area contributed by atoms with Gasteiger partial charge in [0.05, 0.1) is 5.33 Å². The Morgan fingerprint density at radius 2 is 1.81 bits per heavy atom. The first kappa shape index (κ1) is 16.4. The van der Waals surface area contributed by atoms with Gasteiger partial charge in [0.1, 0.15) is 11.4 Å². The number of hydrogen-bond donors (Lipinski definition) is 0. The molecule has 2 aliphatic carbocycles. The molecule has 1 unspecified atom stereocenters. The number of hydrogen-bond acceptors (Lipinski definition) is 1. The SMILES string of the molecule is CC1(C)CCC[C@@]2(C)C1CC[C@@]1(C)OC(CBr)=C(Br)C[C@@H]12. The number of rotatable bonds is 1. The van der Waals surface area contributed by atoms with E-state index in [0.717, 1.165) is 23.4 Å². The van der Waals surface area contributed by atoms with E-state index in [9.17, 15) is 0 Å². The third-order valence-corrected chi connectivity index (χ3v) is 8.18. The average Bonchev–Trinajstić information content (AvgIpc) is 2.39. The first-order chi connectivity index (χ1) is 9.73. The van der Waals surface area contributed by atoms with Crippen LogP contribution in [0.4, 0.5) is 0 Å². The molecular weight excluding hydrogens is 392 g/mol. The zero-order valence-electron chi connectivity index (χ0n) is 13.8. The van der Waals surface area contributed by atoms with Crippen LogP contribution >= 0.6 is 31.9 Å². The normalized spacial score (nSPS) is 45.6. The maximum Gasteiger partial charge on any atom is 0.117 e. The van der Waals surface area contributed by atoms with Crippen molar-refractivity contribution >= 4 is 31.9 Å². The van der Waals surface area contributed by atoms with Gasteiger partial charge in [-0.25, -0.2) is 0 Å². The second kappa shape index (κ2) is 5.26. The molecule has 0 aromatic rings. The predicted molar refractivity (Wildman–Crippen MR) is 95.8 cm³/mol. The van der Waals surface area contributed by atoms with Gasteiger partial charge in [-0.3, -0.25) is 0 Å². The summed E-state index contributed by atoms with van der Waals surface area (Å²) in [6.45, 7) is 9.92. The van der Waals surface area contributed by atoms with E-state index < -0.39 is 0 Å². The minimum absolute atomic E-state index is 0.0268. The van der Waals surface area contributed by atoms with E-state index >= 15 is 0 Å². The van der Waals surface area contributed by atoms with Crippen LogP contribution in [0.3, 0.4) is 0 Å². The summed E-state index contributed by atoms with van der Waals surface area (Å²) in [5.74, 6) is 2.60. The molecule has 4 atom stereocenters. The van der Waals surface area contributed by atoms with Crippen molar-refractivity contribution in [1.82, 2.24) is 0 Å². The lowest BCUT2D eigenvalue weighted by Crippen LogP contribution is -2.59. The number of alkyl halides is 1. The molecule has 21 heavy (non-hydrogen) atoms. The number of fused-ring (bicyclic) bond motifs is 3. The summed E-state index contributed by atoms with van der Waals surface area (Å²) in [5, 5.41) is 0.821. The first-order valence-electron chi connectivity index (χ1n) is 8.35. The maximum absolute atomic E-state index is 6.51. The number of ether oxygens (including phenoxy) is 1. The molecule has 0 saturated heterocycles. The lowest BCUT2D eigenvalue weighted by Gasteiger charge is -2.63. The Morgan fingerprint density at radius 3 is 2.48 bits per heavy atom. The van der Waals surface area contributed by atoms with Crippen LogP contribution in [0.5, 0.6) is 0 Å². The standard InChI is InChI=1S/C18H28Br2O/c1-16(2)7-5-8-17(3)14(16)6-9-18(4)15(17)10-12(20)13(11-19)21-18/h14-15H,5-11H2,1-4H3/t14?,15-,17+,18-/m1/s1. The smallest absolute Gasteiger partial charge is 0.117 e. The molecule has 0 aromatic heterocycles. The molecule has 0 radical (unpaired) electrons. The van der Waals surface area contributed by atoms with Crippen LogP contribution in [0.2, 0.25) is 0 Å². The molecule has 120 valence electrons. The Balaban J connectivity index is 2.00. The summed E-state index contributed by atoms with van der Waals surface area (Å²) in [5.41, 5.74) is 0.935. The van der Waals surface area contributed by atoms with Gasteiger partial charge in [-0.2, -0.15) is 0 Å². The summed E-state index contributed by atoms with van der Waals surface area (Å²) < 4.78 is 7.79. The van der Waals surface area contributed by atoms with Crippen LogP contribution < -0.4 is 0 Å². The highest BCUT2D eigenvalue weighted by atomic mass is 79.9. The second-order valence-corrected chi connectivity index (χ2v) is 10.1. The quantitative estimate of drug-likeness (QED) is 0.446. The lowest BCUT2D eigenvalue weighted by atomic mass is 9.45. The monoisotopic (exact) mass is 418 g/mol. The van der Waals surface area contributed by atoms with E-state index in [-0.39, 0.29) is 5.60 Å². The largest absolute Gasteiger partial charge is 0.490 e. The number of halogens is 2. The zero-order valence-corrected chi connectivity index (χ0v) is 16.9. The Morgan fingerprint density at radius 1 is 1.10 bits per heavy atom. The molecule has 0 N–H and O–H groups in total. The van der Waals surface area contributed by atoms with Gasteiger partial charge in [0.25, 0.3) is 0 Å². The van der Waals surface area contributed by atoms with Crippen molar-refractivity contribution in [3.05, 3.63) is 10.2 Å². The molecule has 2 saturated carbocycles. The van der Waals surface area contributed by atoms with E-state index in [1.165, 1.54) is 36.6 Å². The van der Waals surface area contributed by atoms with Crippen LogP contribution in [0.15, 0.2) is 10.2 Å². The molecule has 1 aliphatic heterocycles. The number of allylic oxidation sites excluding steroid dienone is 2. The predicted octanol–water partition coefficient (Wildman–Crippen LogP) is 6.41. The minimum Gasteiger partial charge on any atom is -0.490 e. The Bertz CT molecular complexity index is 470. The maximum atomic E-state index is 6.51. The van der Waals surface area contributed by atoms with Crippen molar-refractivity contribution < 1.29 is 4.74 Å². The van der Waals surface area contributed by atoms with Crippen LogP contribution in [0, 0.1) is 22.7 Å². The van der Waals surface area contributed by atoms with Gasteiger partial charge >= 0.3 is 0 Å². The topological polar surface area (TPSA) is 9.23 Å². The van der Waals surface area contributed by atoms with Crippen molar-refractivity contribution in [3.63, 3.8) is 0 Å². The van der Waals surface area contributed by atoms with Crippen LogP contribution in [0.25, 0.3) is 0 Å². The Kier molecular flexibility index (Phi) is 4.10. The van der Waals surface area contributed by atoms with E-state index in [4.69, 9.17) is 4.74 Å². The molecule has 3 aliphatic rings. The van der Waals surface area contributed by atoms with E-state index in [1.807, 2.05) is 0 Å². The fourth-order valence-corrected chi connectivity index (χ4v) is 7.28. The van der Waals surface area contributed by atoms with Crippen molar-refractivity contribution in [3.8, 4) is 0 Å². The van der Waals surface area contributed by atoms with Crippen molar-refractivity contribution in [2.75, 3.05) is 5.33 Å². The van der Waals surface area contributed by atoms with Crippen molar-refractivity contribution in [2.45, 2.75) is 71.8 Å². The molecule has 0 spiro atoms. The summed E-state index contributed by atoms with van der Waals surface area (Å²) in [7, 11) is 0. The summed E-state index contributed by atoms with van der Waals surface area (Å²) in [6, 6.07) is 0. The summed E-state index contributed by atoms with van der Waals surface area (Å²) in [4.78, 5) is 0.